The Bertz CT molecular complexity index is 531. The fourth-order valence-electron chi connectivity index (χ4n) is 3.73. The van der Waals surface area contributed by atoms with E-state index in [0.29, 0.717) is 6.42 Å². The van der Waals surface area contributed by atoms with Crippen molar-refractivity contribution in [3.8, 4) is 0 Å². The molecule has 0 amide bonds. The summed E-state index contributed by atoms with van der Waals surface area (Å²) in [5.41, 5.74) is 1.59. The van der Waals surface area contributed by atoms with Crippen LogP contribution in [-0.2, 0) is 16.0 Å². The summed E-state index contributed by atoms with van der Waals surface area (Å²) in [5.74, 6) is -1.12. The molecule has 0 aliphatic carbocycles. The third kappa shape index (κ3) is 3.65. The maximum Gasteiger partial charge on any atom is 0.307 e. The Hall–Kier alpha value is -1.35. The average molecular weight is 290 g/mol. The zero-order valence-corrected chi connectivity index (χ0v) is 13.6. The van der Waals surface area contributed by atoms with Crippen LogP contribution in [0.3, 0.4) is 0 Å². The van der Waals surface area contributed by atoms with Gasteiger partial charge in [0.05, 0.1) is 17.1 Å². The second-order valence-corrected chi connectivity index (χ2v) is 7.41. The summed E-state index contributed by atoms with van der Waals surface area (Å²) in [6, 6.07) is 8.11. The Morgan fingerprint density at radius 1 is 1.38 bits per heavy atom. The first-order chi connectivity index (χ1) is 9.61. The van der Waals surface area contributed by atoms with Crippen LogP contribution in [0.1, 0.15) is 45.2 Å². The van der Waals surface area contributed by atoms with Crippen LogP contribution in [0.5, 0.6) is 0 Å². The van der Waals surface area contributed by atoms with Crippen molar-refractivity contribution in [2.75, 3.05) is 0 Å². The van der Waals surface area contributed by atoms with E-state index in [-0.39, 0.29) is 11.5 Å². The van der Waals surface area contributed by atoms with Gasteiger partial charge in [-0.25, -0.2) is 0 Å². The molecule has 0 spiro atoms. The minimum absolute atomic E-state index is 0.0190. The molecular weight excluding hydrogens is 264 g/mol. The predicted octanol–water partition coefficient (Wildman–Crippen LogP) is 3.83. The van der Waals surface area contributed by atoms with Crippen LogP contribution in [0.4, 0.5) is 0 Å². The molecule has 1 fully saturated rings. The fourth-order valence-corrected chi connectivity index (χ4v) is 3.73. The van der Waals surface area contributed by atoms with Gasteiger partial charge in [0.1, 0.15) is 0 Å². The van der Waals surface area contributed by atoms with Crippen LogP contribution in [0.25, 0.3) is 0 Å². The molecule has 2 unspecified atom stereocenters. The number of carboxylic acid groups (broad SMARTS) is 1. The van der Waals surface area contributed by atoms with Crippen molar-refractivity contribution in [1.29, 1.82) is 0 Å². The van der Waals surface area contributed by atoms with E-state index in [1.165, 1.54) is 5.56 Å². The Morgan fingerprint density at radius 2 is 2.05 bits per heavy atom. The molecule has 0 radical (unpaired) electrons. The van der Waals surface area contributed by atoms with Crippen LogP contribution in [0, 0.1) is 18.8 Å². The third-order valence-corrected chi connectivity index (χ3v) is 4.48. The highest BCUT2D eigenvalue weighted by molar-refractivity contribution is 5.71. The summed E-state index contributed by atoms with van der Waals surface area (Å²) in [6.07, 6.45) is 1.34. The molecule has 0 aromatic heterocycles. The van der Waals surface area contributed by atoms with Crippen molar-refractivity contribution < 1.29 is 14.6 Å². The Balaban J connectivity index is 2.26. The SMILES string of the molecule is Cc1cccc(CC(C(=O)O)C2CC(C)(C)OC2(C)C)c1. The first-order valence-corrected chi connectivity index (χ1v) is 7.59. The summed E-state index contributed by atoms with van der Waals surface area (Å²) in [5, 5.41) is 9.71. The summed E-state index contributed by atoms with van der Waals surface area (Å²) in [4.78, 5) is 11.8. The summed E-state index contributed by atoms with van der Waals surface area (Å²) < 4.78 is 6.08. The number of ether oxygens (including phenoxy) is 1. The monoisotopic (exact) mass is 290 g/mol. The van der Waals surface area contributed by atoms with E-state index in [4.69, 9.17) is 4.74 Å². The molecule has 1 N–H and O–H groups in total. The first kappa shape index (κ1) is 16.0. The summed E-state index contributed by atoms with van der Waals surface area (Å²) >= 11 is 0. The van der Waals surface area contributed by atoms with Gasteiger partial charge in [-0.1, -0.05) is 29.8 Å². The number of hydrogen-bond donors (Lipinski definition) is 1. The van der Waals surface area contributed by atoms with Crippen LogP contribution in [0.2, 0.25) is 0 Å². The third-order valence-electron chi connectivity index (χ3n) is 4.48. The first-order valence-electron chi connectivity index (χ1n) is 7.59. The van der Waals surface area contributed by atoms with Gasteiger partial charge in [0.25, 0.3) is 0 Å². The number of rotatable bonds is 4. The van der Waals surface area contributed by atoms with E-state index in [2.05, 4.69) is 6.07 Å². The molecule has 1 aromatic carbocycles. The maximum atomic E-state index is 11.8. The second-order valence-electron chi connectivity index (χ2n) is 7.41. The van der Waals surface area contributed by atoms with Gasteiger partial charge in [-0.3, -0.25) is 4.79 Å². The molecule has 1 aliphatic rings. The van der Waals surface area contributed by atoms with E-state index in [0.717, 1.165) is 12.0 Å². The van der Waals surface area contributed by atoms with Gasteiger partial charge in [0, 0.05) is 5.92 Å². The van der Waals surface area contributed by atoms with E-state index >= 15 is 0 Å². The lowest BCUT2D eigenvalue weighted by molar-refractivity contribution is -0.147. The van der Waals surface area contributed by atoms with Gasteiger partial charge in [-0.2, -0.15) is 0 Å². The van der Waals surface area contributed by atoms with Gasteiger partial charge in [0.15, 0.2) is 0 Å². The van der Waals surface area contributed by atoms with Gasteiger partial charge in [-0.05, 0) is 53.0 Å². The van der Waals surface area contributed by atoms with Crippen molar-refractivity contribution in [3.63, 3.8) is 0 Å². The van der Waals surface area contributed by atoms with Gasteiger partial charge >= 0.3 is 5.97 Å². The molecular formula is C18H26O3. The minimum Gasteiger partial charge on any atom is -0.481 e. The molecule has 0 bridgehead atoms. The van der Waals surface area contributed by atoms with Crippen LogP contribution >= 0.6 is 0 Å². The Morgan fingerprint density at radius 3 is 2.52 bits per heavy atom. The molecule has 0 saturated carbocycles. The number of hydrogen-bond acceptors (Lipinski definition) is 2. The van der Waals surface area contributed by atoms with E-state index in [1.807, 2.05) is 52.8 Å². The van der Waals surface area contributed by atoms with Crippen molar-refractivity contribution in [2.45, 2.75) is 58.7 Å². The zero-order valence-electron chi connectivity index (χ0n) is 13.6. The van der Waals surface area contributed by atoms with Crippen LogP contribution < -0.4 is 0 Å². The van der Waals surface area contributed by atoms with Crippen molar-refractivity contribution >= 4 is 5.97 Å². The molecule has 2 rings (SSSR count). The second kappa shape index (κ2) is 5.45. The lowest BCUT2D eigenvalue weighted by Crippen LogP contribution is -2.37. The molecule has 1 saturated heterocycles. The molecule has 21 heavy (non-hydrogen) atoms. The number of aliphatic carboxylic acids is 1. The van der Waals surface area contributed by atoms with E-state index in [1.54, 1.807) is 0 Å². The summed E-state index contributed by atoms with van der Waals surface area (Å²) in [7, 11) is 0. The molecule has 3 heteroatoms. The molecule has 1 aliphatic heterocycles. The fraction of sp³-hybridized carbons (Fsp3) is 0.611. The number of benzene rings is 1. The van der Waals surface area contributed by atoms with Crippen LogP contribution in [0.15, 0.2) is 24.3 Å². The zero-order chi connectivity index (χ0) is 15.8. The Labute approximate surface area is 127 Å². The number of carboxylic acids is 1. The van der Waals surface area contributed by atoms with Gasteiger partial charge < -0.3 is 9.84 Å². The van der Waals surface area contributed by atoms with Crippen molar-refractivity contribution in [1.82, 2.24) is 0 Å². The molecule has 1 aromatic rings. The lowest BCUT2D eigenvalue weighted by Gasteiger charge is -2.31. The topological polar surface area (TPSA) is 46.5 Å². The highest BCUT2D eigenvalue weighted by Gasteiger charge is 2.50. The Kier molecular flexibility index (Phi) is 4.16. The van der Waals surface area contributed by atoms with E-state index < -0.39 is 17.5 Å². The standard InChI is InChI=1S/C18H26O3/c1-12-7-6-8-13(9-12)10-14(16(19)20)15-11-17(2,3)21-18(15,4)5/h6-9,14-15H,10-11H2,1-5H3,(H,19,20). The highest BCUT2D eigenvalue weighted by Crippen LogP contribution is 2.46. The minimum atomic E-state index is -0.726. The largest absolute Gasteiger partial charge is 0.481 e. The highest BCUT2D eigenvalue weighted by atomic mass is 16.5. The van der Waals surface area contributed by atoms with Crippen LogP contribution in [-0.4, -0.2) is 22.3 Å². The smallest absolute Gasteiger partial charge is 0.307 e. The predicted molar refractivity (Wildman–Crippen MR) is 83.4 cm³/mol. The molecule has 1 heterocycles. The average Bonchev–Trinajstić information content (AvgIpc) is 2.54. The lowest BCUT2D eigenvalue weighted by atomic mass is 9.75. The summed E-state index contributed by atoms with van der Waals surface area (Å²) in [6.45, 7) is 10.1. The number of aryl methyl sites for hydroxylation is 1. The molecule has 116 valence electrons. The van der Waals surface area contributed by atoms with Gasteiger partial charge in [0.2, 0.25) is 0 Å². The van der Waals surface area contributed by atoms with E-state index in [9.17, 15) is 9.90 Å². The number of carbonyl (C=O) groups is 1. The molecule has 2 atom stereocenters. The normalized spacial score (nSPS) is 24.7. The van der Waals surface area contributed by atoms with Crippen molar-refractivity contribution in [3.05, 3.63) is 35.4 Å². The maximum absolute atomic E-state index is 11.8. The quantitative estimate of drug-likeness (QED) is 0.916. The van der Waals surface area contributed by atoms with Crippen molar-refractivity contribution in [2.24, 2.45) is 11.8 Å². The molecule has 3 nitrogen and oxygen atoms in total. The van der Waals surface area contributed by atoms with Gasteiger partial charge in [-0.15, -0.1) is 0 Å².